The minimum absolute atomic E-state index is 0.00736. The Hall–Kier alpha value is -1.27. The van der Waals surface area contributed by atoms with Gasteiger partial charge in [-0.2, -0.15) is 0 Å². The summed E-state index contributed by atoms with van der Waals surface area (Å²) >= 11 is 2.34. The highest BCUT2D eigenvalue weighted by atomic mass is 127. The first kappa shape index (κ1) is 16.1. The normalized spacial score (nSPS) is 12.0. The van der Waals surface area contributed by atoms with Gasteiger partial charge in [0, 0.05) is 9.99 Å². The molecule has 2 rings (SSSR count). The summed E-state index contributed by atoms with van der Waals surface area (Å²) in [7, 11) is 3.35. The molecule has 0 radical (unpaired) electrons. The van der Waals surface area contributed by atoms with E-state index in [4.69, 9.17) is 14.2 Å². The Kier molecular flexibility index (Phi) is 6.32. The number of para-hydroxylation sites is 1. The fourth-order valence-electron chi connectivity index (χ4n) is 2.11. The second-order valence-corrected chi connectivity index (χ2v) is 5.43. The maximum absolute atomic E-state index is 6.06. The van der Waals surface area contributed by atoms with Gasteiger partial charge in [-0.3, -0.25) is 0 Å². The van der Waals surface area contributed by atoms with Crippen molar-refractivity contribution in [3.63, 3.8) is 0 Å². The van der Waals surface area contributed by atoms with Crippen molar-refractivity contribution in [1.29, 1.82) is 0 Å². The largest absolute Gasteiger partial charge is 0.497 e. The summed E-state index contributed by atoms with van der Waals surface area (Å²) in [4.78, 5) is 0. The SMILES string of the molecule is COc1cccc(COC(CI)c2ccccc2OC)c1. The lowest BCUT2D eigenvalue weighted by Gasteiger charge is -2.18. The first-order valence-electron chi connectivity index (χ1n) is 6.72. The van der Waals surface area contributed by atoms with E-state index in [0.29, 0.717) is 6.61 Å². The summed E-state index contributed by atoms with van der Waals surface area (Å²) in [5.74, 6) is 1.71. The van der Waals surface area contributed by atoms with Crippen LogP contribution in [0.15, 0.2) is 48.5 Å². The standard InChI is InChI=1S/C17H19IO3/c1-19-14-7-5-6-13(10-14)12-21-17(11-18)15-8-3-4-9-16(15)20-2/h3-10,17H,11-12H2,1-2H3. The Labute approximate surface area is 139 Å². The van der Waals surface area contributed by atoms with Gasteiger partial charge in [0.15, 0.2) is 0 Å². The van der Waals surface area contributed by atoms with Crippen molar-refractivity contribution in [3.8, 4) is 11.5 Å². The molecule has 2 aromatic rings. The number of ether oxygens (including phenoxy) is 3. The molecule has 0 N–H and O–H groups in total. The molecule has 112 valence electrons. The Bertz CT molecular complexity index is 571. The Morgan fingerprint density at radius 2 is 1.81 bits per heavy atom. The lowest BCUT2D eigenvalue weighted by molar-refractivity contribution is 0.0560. The molecule has 0 aliphatic rings. The van der Waals surface area contributed by atoms with Crippen LogP contribution in [-0.2, 0) is 11.3 Å². The van der Waals surface area contributed by atoms with Crippen molar-refractivity contribution in [2.45, 2.75) is 12.7 Å². The van der Waals surface area contributed by atoms with Crippen LogP contribution in [0.4, 0.5) is 0 Å². The van der Waals surface area contributed by atoms with Gasteiger partial charge in [0.25, 0.3) is 0 Å². The van der Waals surface area contributed by atoms with E-state index in [1.165, 1.54) is 0 Å². The van der Waals surface area contributed by atoms with Gasteiger partial charge in [-0.05, 0) is 23.8 Å². The zero-order valence-corrected chi connectivity index (χ0v) is 14.4. The van der Waals surface area contributed by atoms with E-state index in [2.05, 4.69) is 22.6 Å². The summed E-state index contributed by atoms with van der Waals surface area (Å²) < 4.78 is 17.6. The van der Waals surface area contributed by atoms with Crippen molar-refractivity contribution in [2.75, 3.05) is 18.6 Å². The molecule has 0 amide bonds. The number of halogens is 1. The monoisotopic (exact) mass is 398 g/mol. The number of benzene rings is 2. The van der Waals surface area contributed by atoms with Crippen LogP contribution in [0.25, 0.3) is 0 Å². The fraction of sp³-hybridized carbons (Fsp3) is 0.294. The van der Waals surface area contributed by atoms with Crippen molar-refractivity contribution in [1.82, 2.24) is 0 Å². The summed E-state index contributed by atoms with van der Waals surface area (Å²) in [6.45, 7) is 0.545. The Morgan fingerprint density at radius 3 is 2.52 bits per heavy atom. The van der Waals surface area contributed by atoms with Crippen molar-refractivity contribution in [3.05, 3.63) is 59.7 Å². The third-order valence-electron chi connectivity index (χ3n) is 3.21. The molecule has 0 bridgehead atoms. The van der Waals surface area contributed by atoms with Crippen molar-refractivity contribution < 1.29 is 14.2 Å². The van der Waals surface area contributed by atoms with Gasteiger partial charge in [0.05, 0.1) is 26.9 Å². The van der Waals surface area contributed by atoms with Gasteiger partial charge in [-0.25, -0.2) is 0 Å². The first-order chi connectivity index (χ1) is 10.3. The number of methoxy groups -OCH3 is 2. The van der Waals surface area contributed by atoms with Crippen LogP contribution in [0.1, 0.15) is 17.2 Å². The molecule has 4 heteroatoms. The zero-order chi connectivity index (χ0) is 15.1. The Morgan fingerprint density at radius 1 is 1.00 bits per heavy atom. The van der Waals surface area contributed by atoms with E-state index >= 15 is 0 Å². The van der Waals surface area contributed by atoms with Crippen LogP contribution in [0, 0.1) is 0 Å². The van der Waals surface area contributed by atoms with E-state index < -0.39 is 0 Å². The summed E-state index contributed by atoms with van der Waals surface area (Å²) in [5.41, 5.74) is 2.18. The van der Waals surface area contributed by atoms with Crippen molar-refractivity contribution in [2.24, 2.45) is 0 Å². The first-order valence-corrected chi connectivity index (χ1v) is 8.24. The number of hydrogen-bond acceptors (Lipinski definition) is 3. The van der Waals surface area contributed by atoms with Gasteiger partial charge >= 0.3 is 0 Å². The maximum Gasteiger partial charge on any atom is 0.124 e. The molecule has 0 spiro atoms. The minimum atomic E-state index is 0.00736. The van der Waals surface area contributed by atoms with Gasteiger partial charge in [-0.1, -0.05) is 52.9 Å². The highest BCUT2D eigenvalue weighted by Crippen LogP contribution is 2.29. The molecule has 0 saturated heterocycles. The number of alkyl halides is 1. The second kappa shape index (κ2) is 8.24. The smallest absolute Gasteiger partial charge is 0.124 e. The average Bonchev–Trinajstić information content (AvgIpc) is 2.56. The minimum Gasteiger partial charge on any atom is -0.497 e. The zero-order valence-electron chi connectivity index (χ0n) is 12.2. The maximum atomic E-state index is 6.06. The molecule has 0 saturated carbocycles. The molecule has 21 heavy (non-hydrogen) atoms. The third kappa shape index (κ3) is 4.35. The lowest BCUT2D eigenvalue weighted by Crippen LogP contribution is -2.07. The van der Waals surface area contributed by atoms with E-state index in [9.17, 15) is 0 Å². The van der Waals surface area contributed by atoms with E-state index in [-0.39, 0.29) is 6.10 Å². The van der Waals surface area contributed by atoms with Crippen LogP contribution in [-0.4, -0.2) is 18.6 Å². The molecular formula is C17H19IO3. The van der Waals surface area contributed by atoms with Gasteiger partial charge in [0.1, 0.15) is 11.5 Å². The molecule has 1 atom stereocenters. The van der Waals surface area contributed by atoms with Crippen LogP contribution in [0.3, 0.4) is 0 Å². The van der Waals surface area contributed by atoms with Gasteiger partial charge in [0.2, 0.25) is 0 Å². The van der Waals surface area contributed by atoms with Crippen LogP contribution in [0.2, 0.25) is 0 Å². The highest BCUT2D eigenvalue weighted by Gasteiger charge is 2.15. The molecule has 3 nitrogen and oxygen atoms in total. The topological polar surface area (TPSA) is 27.7 Å². The molecule has 2 aromatic carbocycles. The van der Waals surface area contributed by atoms with Gasteiger partial charge < -0.3 is 14.2 Å². The van der Waals surface area contributed by atoms with Crippen molar-refractivity contribution >= 4 is 22.6 Å². The van der Waals surface area contributed by atoms with E-state index in [1.807, 2.05) is 48.5 Å². The second-order valence-electron chi connectivity index (χ2n) is 4.55. The molecular weight excluding hydrogens is 379 g/mol. The Balaban J connectivity index is 2.08. The van der Waals surface area contributed by atoms with Crippen LogP contribution in [0.5, 0.6) is 11.5 Å². The van der Waals surface area contributed by atoms with Crippen LogP contribution >= 0.6 is 22.6 Å². The summed E-state index contributed by atoms with van der Waals surface area (Å²) in [6.07, 6.45) is 0.00736. The molecule has 0 aliphatic heterocycles. The molecule has 0 aliphatic carbocycles. The van der Waals surface area contributed by atoms with Crippen LogP contribution < -0.4 is 9.47 Å². The molecule has 1 unspecified atom stereocenters. The number of rotatable bonds is 7. The summed E-state index contributed by atoms with van der Waals surface area (Å²) in [5, 5.41) is 0. The number of hydrogen-bond donors (Lipinski definition) is 0. The summed E-state index contributed by atoms with van der Waals surface area (Å²) in [6, 6.07) is 15.9. The van der Waals surface area contributed by atoms with E-state index in [1.54, 1.807) is 14.2 Å². The lowest BCUT2D eigenvalue weighted by atomic mass is 10.1. The quantitative estimate of drug-likeness (QED) is 0.511. The third-order valence-corrected chi connectivity index (χ3v) is 4.01. The highest BCUT2D eigenvalue weighted by molar-refractivity contribution is 14.1. The molecule has 0 aromatic heterocycles. The predicted molar refractivity (Wildman–Crippen MR) is 92.4 cm³/mol. The predicted octanol–water partition coefficient (Wildman–Crippen LogP) is 4.40. The molecule has 0 heterocycles. The fourth-order valence-corrected chi connectivity index (χ4v) is 2.84. The van der Waals surface area contributed by atoms with Gasteiger partial charge in [-0.15, -0.1) is 0 Å². The molecule has 0 fully saturated rings. The average molecular weight is 398 g/mol. The van der Waals surface area contributed by atoms with E-state index in [0.717, 1.165) is 27.1 Å².